The van der Waals surface area contributed by atoms with Crippen molar-refractivity contribution in [1.29, 1.82) is 0 Å². The van der Waals surface area contributed by atoms with Crippen molar-refractivity contribution in [1.82, 2.24) is 19.5 Å². The zero-order valence-corrected chi connectivity index (χ0v) is 18.1. The van der Waals surface area contributed by atoms with Crippen LogP contribution in [0.2, 0.25) is 4.82 Å². The molecule has 0 saturated carbocycles. The first-order valence-electron chi connectivity index (χ1n) is 8.99. The Labute approximate surface area is 181 Å². The van der Waals surface area contributed by atoms with E-state index in [0.717, 1.165) is 0 Å². The number of carbonyl (C=O) groups is 1. The molecule has 2 aromatic rings. The fourth-order valence-corrected chi connectivity index (χ4v) is 4.23. The summed E-state index contributed by atoms with van der Waals surface area (Å²) in [5.74, 6) is 0.147. The van der Waals surface area contributed by atoms with Crippen molar-refractivity contribution in [2.75, 3.05) is 11.5 Å². The third-order valence-corrected chi connectivity index (χ3v) is 6.09. The molecule has 1 aliphatic heterocycles. The number of imidazole rings is 1. The maximum absolute atomic E-state index is 12.3. The molecule has 1 aliphatic rings. The molecule has 3 rings (SSSR count). The minimum atomic E-state index is -0.939. The van der Waals surface area contributed by atoms with Crippen molar-refractivity contribution in [3.8, 4) is 0 Å². The Morgan fingerprint density at radius 2 is 2.28 bits per heavy atom. The number of aliphatic hydroxyl groups is 1. The van der Waals surface area contributed by atoms with Crippen LogP contribution in [0.4, 0.5) is 5.82 Å². The van der Waals surface area contributed by atoms with Crippen LogP contribution < -0.4 is 11.5 Å². The van der Waals surface area contributed by atoms with Gasteiger partial charge in [-0.25, -0.2) is 0 Å². The normalized spacial score (nSPS) is 26.3. The monoisotopic (exact) mass is 487 g/mol. The van der Waals surface area contributed by atoms with Crippen LogP contribution in [0.15, 0.2) is 25.3 Å². The summed E-state index contributed by atoms with van der Waals surface area (Å²) < 4.78 is 13.3. The van der Waals surface area contributed by atoms with Crippen LogP contribution in [0, 0.1) is 0 Å². The molecule has 0 amide bonds. The summed E-state index contributed by atoms with van der Waals surface area (Å²) in [6.07, 6.45) is 2.10. The van der Waals surface area contributed by atoms with Crippen LogP contribution in [0.5, 0.6) is 0 Å². The molecule has 0 aliphatic carbocycles. The van der Waals surface area contributed by atoms with Crippen molar-refractivity contribution in [2.45, 2.75) is 48.2 Å². The van der Waals surface area contributed by atoms with Gasteiger partial charge >= 0.3 is 181 Å². The molecule has 1 fully saturated rings. The molecule has 0 bridgehead atoms. The van der Waals surface area contributed by atoms with Crippen LogP contribution in [-0.2, 0) is 14.3 Å². The number of nitrogen functional groups attached to an aromatic ring is 1. The van der Waals surface area contributed by atoms with Gasteiger partial charge in [-0.15, -0.1) is 0 Å². The SMILES string of the molecule is C=CCC(OC(=O)[C@@H](N)CCS)[C@H]1O[C@@H](n2cnc3c(N)ncnc32)[C@H](O)[C@@H]1[Se]. The molecule has 5 N–H and O–H groups in total. The van der Waals surface area contributed by atoms with Gasteiger partial charge in [0.2, 0.25) is 0 Å². The first-order chi connectivity index (χ1) is 13.9. The molecule has 157 valence electrons. The van der Waals surface area contributed by atoms with Crippen LogP contribution >= 0.6 is 12.6 Å². The Hall–Kier alpha value is -1.69. The fraction of sp³-hybridized carbons (Fsp3) is 0.529. The second-order valence-corrected chi connectivity index (χ2v) is 8.24. The average molecular weight is 486 g/mol. The van der Waals surface area contributed by atoms with Gasteiger partial charge in [0.1, 0.15) is 0 Å². The summed E-state index contributed by atoms with van der Waals surface area (Å²) >= 11 is 7.01. The van der Waals surface area contributed by atoms with Gasteiger partial charge < -0.3 is 0 Å². The number of nitrogens with zero attached hydrogens (tertiary/aromatic N) is 4. The predicted octanol–water partition coefficient (Wildman–Crippen LogP) is -0.241. The number of hydrogen-bond donors (Lipinski definition) is 4. The Kier molecular flexibility index (Phi) is 7.14. The van der Waals surface area contributed by atoms with Crippen LogP contribution in [0.25, 0.3) is 11.2 Å². The second kappa shape index (κ2) is 9.41. The number of carbonyl (C=O) groups excluding carboxylic acids is 1. The molecule has 1 saturated heterocycles. The van der Waals surface area contributed by atoms with E-state index in [1.165, 1.54) is 12.7 Å². The van der Waals surface area contributed by atoms with Crippen LogP contribution in [0.1, 0.15) is 19.1 Å². The molecule has 0 aromatic carbocycles. The Balaban J connectivity index is 1.83. The van der Waals surface area contributed by atoms with E-state index < -0.39 is 41.4 Å². The summed E-state index contributed by atoms with van der Waals surface area (Å²) in [4.78, 5) is 24.1. The number of hydrogen-bond acceptors (Lipinski definition) is 10. The van der Waals surface area contributed by atoms with E-state index in [9.17, 15) is 9.90 Å². The minimum absolute atomic E-state index is 0.231. The molecule has 29 heavy (non-hydrogen) atoms. The first kappa shape index (κ1) is 22.0. The van der Waals surface area contributed by atoms with Crippen molar-refractivity contribution in [3.05, 3.63) is 25.3 Å². The number of nitrogens with two attached hydrogens (primary N) is 2. The van der Waals surface area contributed by atoms with E-state index in [4.69, 9.17) is 20.9 Å². The number of rotatable bonds is 8. The quantitative estimate of drug-likeness (QED) is 0.171. The molecule has 0 spiro atoms. The summed E-state index contributed by atoms with van der Waals surface area (Å²) in [6.45, 7) is 3.71. The Morgan fingerprint density at radius 1 is 1.52 bits per heavy atom. The van der Waals surface area contributed by atoms with Crippen LogP contribution in [-0.4, -0.2) is 76.7 Å². The summed E-state index contributed by atoms with van der Waals surface area (Å²) in [5.41, 5.74) is 12.5. The molecule has 6 atom stereocenters. The van der Waals surface area contributed by atoms with Crippen molar-refractivity contribution in [3.63, 3.8) is 0 Å². The van der Waals surface area contributed by atoms with Gasteiger partial charge in [-0.05, 0) is 0 Å². The summed E-state index contributed by atoms with van der Waals surface area (Å²) in [7, 11) is 0. The zero-order valence-electron chi connectivity index (χ0n) is 15.5. The summed E-state index contributed by atoms with van der Waals surface area (Å²) in [6, 6.07) is -0.779. The van der Waals surface area contributed by atoms with Gasteiger partial charge in [0, 0.05) is 0 Å². The van der Waals surface area contributed by atoms with Gasteiger partial charge in [0.05, 0.1) is 0 Å². The number of aromatic nitrogens is 4. The van der Waals surface area contributed by atoms with E-state index in [-0.39, 0.29) is 5.82 Å². The topological polar surface area (TPSA) is 151 Å². The summed E-state index contributed by atoms with van der Waals surface area (Å²) in [5, 5.41) is 10.8. The van der Waals surface area contributed by atoms with E-state index in [2.05, 4.69) is 50.2 Å². The number of thiol groups is 1. The number of anilines is 1. The number of aliphatic hydroxyl groups excluding tert-OH is 1. The number of ether oxygens (including phenoxy) is 2. The molecular weight excluding hydrogens is 463 g/mol. The van der Waals surface area contributed by atoms with Crippen molar-refractivity contribution in [2.24, 2.45) is 5.73 Å². The third kappa shape index (κ3) is 4.42. The third-order valence-electron chi connectivity index (χ3n) is 4.69. The van der Waals surface area contributed by atoms with E-state index >= 15 is 0 Å². The zero-order chi connectivity index (χ0) is 21.1. The Bertz CT molecular complexity index is 883. The molecule has 1 radical (unpaired) electrons. The van der Waals surface area contributed by atoms with Gasteiger partial charge in [-0.3, -0.25) is 0 Å². The van der Waals surface area contributed by atoms with E-state index in [1.54, 1.807) is 10.6 Å². The first-order valence-corrected chi connectivity index (χ1v) is 10.6. The van der Waals surface area contributed by atoms with Crippen molar-refractivity contribution < 1.29 is 19.4 Å². The standard InChI is InChI=1S/C17H23N6O4SSe/c1-2-3-9(26-17(25)8(18)4-5-28)12-13(29)11(24)16(27-12)23-7-22-10-14(19)20-6-21-15(10)23/h2,6-9,11-13,16,24,28H,1,3-5,18H2,(H2,19,20,21)/t8-,9?,11+,12+,13-,16+/m0/s1. The predicted molar refractivity (Wildman–Crippen MR) is 110 cm³/mol. The fourth-order valence-electron chi connectivity index (χ4n) is 3.17. The number of esters is 1. The van der Waals surface area contributed by atoms with Gasteiger partial charge in [-0.2, -0.15) is 0 Å². The maximum atomic E-state index is 12.3. The van der Waals surface area contributed by atoms with Crippen LogP contribution in [0.3, 0.4) is 0 Å². The number of fused-ring (bicyclic) bond motifs is 1. The molecule has 2 aromatic heterocycles. The molecule has 1 unspecified atom stereocenters. The molecule has 10 nitrogen and oxygen atoms in total. The average Bonchev–Trinajstić information content (AvgIpc) is 3.24. The van der Waals surface area contributed by atoms with Gasteiger partial charge in [0.15, 0.2) is 0 Å². The van der Waals surface area contributed by atoms with E-state index in [1.807, 2.05) is 0 Å². The molecular formula is C17H23N6O4SSe. The molecule has 12 heteroatoms. The Morgan fingerprint density at radius 3 is 2.97 bits per heavy atom. The van der Waals surface area contributed by atoms with Gasteiger partial charge in [-0.1, -0.05) is 0 Å². The van der Waals surface area contributed by atoms with E-state index in [0.29, 0.717) is 29.8 Å². The van der Waals surface area contributed by atoms with Crippen molar-refractivity contribution >= 4 is 51.6 Å². The van der Waals surface area contributed by atoms with Gasteiger partial charge in [0.25, 0.3) is 0 Å². The second-order valence-electron chi connectivity index (χ2n) is 6.65. The molecule has 3 heterocycles.